The smallest absolute Gasteiger partial charge is 0.264 e. The highest BCUT2D eigenvalue weighted by Crippen LogP contribution is 2.36. The third-order valence-corrected chi connectivity index (χ3v) is 7.52. The number of fused-ring (bicyclic) bond motifs is 1. The van der Waals surface area contributed by atoms with E-state index in [1.165, 1.54) is 61.5 Å². The molecule has 0 amide bonds. The molecule has 0 fully saturated rings. The van der Waals surface area contributed by atoms with Gasteiger partial charge < -0.3 is 9.47 Å². The molecule has 0 aliphatic rings. The van der Waals surface area contributed by atoms with Crippen LogP contribution in [0.3, 0.4) is 0 Å². The minimum absolute atomic E-state index is 0.0281. The van der Waals surface area contributed by atoms with Crippen LogP contribution in [0.15, 0.2) is 88.8 Å². The lowest BCUT2D eigenvalue weighted by molar-refractivity contribution is 0.412. The zero-order valence-corrected chi connectivity index (χ0v) is 22.0. The van der Waals surface area contributed by atoms with E-state index in [0.717, 1.165) is 0 Å². The molecule has 1 N–H and O–H groups in total. The SMILES string of the molecule is COc1ccc(F)c(-c2cc(OC)c(-n3c(=O)ccc4cc(S(=O)(=O)Nc5ncccn5)ccc43)cc2C)c1. The first-order chi connectivity index (χ1) is 18.7. The van der Waals surface area contributed by atoms with Crippen molar-refractivity contribution in [2.45, 2.75) is 11.8 Å². The molecule has 0 saturated heterocycles. The lowest BCUT2D eigenvalue weighted by Gasteiger charge is -2.18. The van der Waals surface area contributed by atoms with Crippen molar-refractivity contribution in [1.29, 1.82) is 0 Å². The van der Waals surface area contributed by atoms with E-state index in [-0.39, 0.29) is 16.4 Å². The van der Waals surface area contributed by atoms with Crippen molar-refractivity contribution in [3.05, 3.63) is 101 Å². The van der Waals surface area contributed by atoms with Crippen molar-refractivity contribution in [3.63, 3.8) is 0 Å². The summed E-state index contributed by atoms with van der Waals surface area (Å²) in [6, 6.07) is 16.7. The normalized spacial score (nSPS) is 11.4. The number of aryl methyl sites for hydroxylation is 1. The summed E-state index contributed by atoms with van der Waals surface area (Å²) in [5.41, 5.74) is 2.11. The summed E-state index contributed by atoms with van der Waals surface area (Å²) in [7, 11) is -1.03. The molecule has 0 saturated carbocycles. The molecule has 9 nitrogen and oxygen atoms in total. The number of methoxy groups -OCH3 is 2. The third-order valence-electron chi connectivity index (χ3n) is 6.20. The summed E-state index contributed by atoms with van der Waals surface area (Å²) in [4.78, 5) is 20.9. The predicted octanol–water partition coefficient (Wildman–Crippen LogP) is 4.71. The monoisotopic (exact) mass is 546 g/mol. The number of aromatic nitrogens is 3. The second kappa shape index (κ2) is 10.2. The Bertz CT molecular complexity index is 1880. The highest BCUT2D eigenvalue weighted by Gasteiger charge is 2.20. The van der Waals surface area contributed by atoms with E-state index in [4.69, 9.17) is 9.47 Å². The maximum Gasteiger partial charge on any atom is 0.264 e. The second-order valence-electron chi connectivity index (χ2n) is 8.59. The van der Waals surface area contributed by atoms with Crippen LogP contribution in [-0.2, 0) is 10.0 Å². The van der Waals surface area contributed by atoms with Gasteiger partial charge >= 0.3 is 0 Å². The minimum Gasteiger partial charge on any atom is -0.497 e. The van der Waals surface area contributed by atoms with Gasteiger partial charge in [0.15, 0.2) is 0 Å². The fourth-order valence-corrected chi connectivity index (χ4v) is 5.30. The van der Waals surface area contributed by atoms with Crippen molar-refractivity contribution in [2.75, 3.05) is 18.9 Å². The number of hydrogen-bond acceptors (Lipinski definition) is 7. The standard InChI is InChI=1S/C28H23FN4O5S/c1-17-13-25(26(38-3)16-21(17)22-15-19(37-2)6-8-23(22)29)33-24-9-7-20(14-18(24)5-10-27(33)34)39(35,36)32-28-30-11-4-12-31-28/h4-16H,1-3H3,(H,30,31,32). The molecule has 198 valence electrons. The van der Waals surface area contributed by atoms with Crippen LogP contribution in [0.25, 0.3) is 27.7 Å². The van der Waals surface area contributed by atoms with Gasteiger partial charge in [-0.3, -0.25) is 9.36 Å². The molecule has 0 bridgehead atoms. The Morgan fingerprint density at radius 2 is 1.67 bits per heavy atom. The van der Waals surface area contributed by atoms with Crippen LogP contribution in [0.4, 0.5) is 10.3 Å². The zero-order chi connectivity index (χ0) is 27.7. The number of nitrogens with one attached hydrogen (secondary N) is 1. The molecule has 2 aromatic heterocycles. The lowest BCUT2D eigenvalue weighted by atomic mass is 9.98. The van der Waals surface area contributed by atoms with E-state index in [2.05, 4.69) is 14.7 Å². The highest BCUT2D eigenvalue weighted by atomic mass is 32.2. The summed E-state index contributed by atoms with van der Waals surface area (Å²) < 4.78 is 55.3. The molecule has 0 aliphatic carbocycles. The van der Waals surface area contributed by atoms with E-state index in [9.17, 15) is 17.6 Å². The number of rotatable bonds is 7. The van der Waals surface area contributed by atoms with Crippen LogP contribution >= 0.6 is 0 Å². The van der Waals surface area contributed by atoms with Crippen LogP contribution < -0.4 is 19.8 Å². The van der Waals surface area contributed by atoms with Crippen LogP contribution in [0.5, 0.6) is 11.5 Å². The van der Waals surface area contributed by atoms with Crippen LogP contribution in [-0.4, -0.2) is 37.2 Å². The second-order valence-corrected chi connectivity index (χ2v) is 10.3. The van der Waals surface area contributed by atoms with E-state index >= 15 is 0 Å². The van der Waals surface area contributed by atoms with E-state index in [0.29, 0.717) is 44.8 Å². The Hall–Kier alpha value is -4.77. The van der Waals surface area contributed by atoms with Gasteiger partial charge in [-0.05, 0) is 78.7 Å². The number of hydrogen-bond donors (Lipinski definition) is 1. The Morgan fingerprint density at radius 1 is 0.897 bits per heavy atom. The Balaban J connectivity index is 1.64. The van der Waals surface area contributed by atoms with Gasteiger partial charge in [0.05, 0.1) is 30.3 Å². The first kappa shape index (κ1) is 25.9. The summed E-state index contributed by atoms with van der Waals surface area (Å²) in [6.45, 7) is 1.80. The molecule has 0 atom stereocenters. The average Bonchev–Trinajstić information content (AvgIpc) is 2.93. The molecule has 5 rings (SSSR count). The minimum atomic E-state index is -3.99. The van der Waals surface area contributed by atoms with Crippen molar-refractivity contribution < 1.29 is 22.3 Å². The fraction of sp³-hybridized carbons (Fsp3) is 0.107. The molecule has 0 radical (unpaired) electrons. The molecule has 0 spiro atoms. The predicted molar refractivity (Wildman–Crippen MR) is 146 cm³/mol. The number of halogens is 1. The quantitative estimate of drug-likeness (QED) is 0.315. The molecule has 0 unspecified atom stereocenters. The van der Waals surface area contributed by atoms with Crippen molar-refractivity contribution in [2.24, 2.45) is 0 Å². The first-order valence-electron chi connectivity index (χ1n) is 11.7. The summed E-state index contributed by atoms with van der Waals surface area (Å²) in [6.07, 6.45) is 2.85. The molecule has 0 aliphatic heterocycles. The Labute approximate surface area is 223 Å². The summed E-state index contributed by atoms with van der Waals surface area (Å²) in [5.74, 6) is 0.333. The molecule has 5 aromatic rings. The summed E-state index contributed by atoms with van der Waals surface area (Å²) >= 11 is 0. The average molecular weight is 547 g/mol. The van der Waals surface area contributed by atoms with Crippen LogP contribution in [0.1, 0.15) is 5.56 Å². The number of nitrogens with zero attached hydrogens (tertiary/aromatic N) is 3. The van der Waals surface area contributed by atoms with Gasteiger partial charge in [-0.1, -0.05) is 0 Å². The van der Waals surface area contributed by atoms with Gasteiger partial charge in [0.1, 0.15) is 17.3 Å². The number of sulfonamides is 1. The Kier molecular flexibility index (Phi) is 6.75. The topological polar surface area (TPSA) is 112 Å². The molecular formula is C28H23FN4O5S. The molecule has 3 aromatic carbocycles. The Morgan fingerprint density at radius 3 is 2.38 bits per heavy atom. The highest BCUT2D eigenvalue weighted by molar-refractivity contribution is 7.92. The summed E-state index contributed by atoms with van der Waals surface area (Å²) in [5, 5.41) is 0.495. The van der Waals surface area contributed by atoms with Gasteiger partial charge in [0, 0.05) is 29.4 Å². The van der Waals surface area contributed by atoms with Gasteiger partial charge in [0.25, 0.3) is 15.6 Å². The third kappa shape index (κ3) is 4.91. The largest absolute Gasteiger partial charge is 0.497 e. The number of anilines is 1. The van der Waals surface area contributed by atoms with Crippen molar-refractivity contribution in [3.8, 4) is 28.3 Å². The van der Waals surface area contributed by atoms with E-state index in [1.54, 1.807) is 43.3 Å². The van der Waals surface area contributed by atoms with Crippen LogP contribution in [0.2, 0.25) is 0 Å². The van der Waals surface area contributed by atoms with Crippen molar-refractivity contribution >= 4 is 26.9 Å². The van der Waals surface area contributed by atoms with Crippen LogP contribution in [0, 0.1) is 12.7 Å². The molecule has 2 heterocycles. The molecule has 11 heteroatoms. The maximum atomic E-state index is 14.8. The zero-order valence-electron chi connectivity index (χ0n) is 21.2. The van der Waals surface area contributed by atoms with E-state index < -0.39 is 15.8 Å². The first-order valence-corrected chi connectivity index (χ1v) is 13.2. The number of ether oxygens (including phenoxy) is 2. The van der Waals surface area contributed by atoms with Gasteiger partial charge in [-0.25, -0.2) is 27.5 Å². The number of benzene rings is 3. The maximum absolute atomic E-state index is 14.8. The van der Waals surface area contributed by atoms with Gasteiger partial charge in [-0.15, -0.1) is 0 Å². The van der Waals surface area contributed by atoms with Gasteiger partial charge in [0.2, 0.25) is 5.95 Å². The molecular weight excluding hydrogens is 523 g/mol. The number of pyridine rings is 1. The van der Waals surface area contributed by atoms with E-state index in [1.807, 2.05) is 0 Å². The molecule has 39 heavy (non-hydrogen) atoms. The van der Waals surface area contributed by atoms with Gasteiger partial charge in [-0.2, -0.15) is 0 Å². The lowest BCUT2D eigenvalue weighted by Crippen LogP contribution is -2.19. The van der Waals surface area contributed by atoms with Crippen molar-refractivity contribution in [1.82, 2.24) is 14.5 Å². The fourth-order valence-electron chi connectivity index (χ4n) is 4.31.